The van der Waals surface area contributed by atoms with Crippen LogP contribution >= 0.6 is 0 Å². The number of carbonyl (C=O) groups is 1. The summed E-state index contributed by atoms with van der Waals surface area (Å²) in [4.78, 5) is 37.2. The Balaban J connectivity index is 1.31. The van der Waals surface area contributed by atoms with Gasteiger partial charge in [0.25, 0.3) is 11.5 Å². The number of ether oxygens (including phenoxy) is 2. The number of amides is 1. The zero-order valence-corrected chi connectivity index (χ0v) is 20.4. The van der Waals surface area contributed by atoms with Crippen molar-refractivity contribution in [3.05, 3.63) is 63.3 Å². The molecular formula is C26H27F3N4O4. The molecule has 0 radical (unpaired) electrons. The highest BCUT2D eigenvalue weighted by molar-refractivity contribution is 5.94. The number of pyridine rings is 1. The van der Waals surface area contributed by atoms with Crippen molar-refractivity contribution in [2.24, 2.45) is 5.41 Å². The Morgan fingerprint density at radius 1 is 1.19 bits per heavy atom. The Bertz CT molecular complexity index is 1360. The lowest BCUT2D eigenvalue weighted by molar-refractivity contribution is -0.142. The van der Waals surface area contributed by atoms with Crippen LogP contribution in [0.25, 0.3) is 11.0 Å². The van der Waals surface area contributed by atoms with Gasteiger partial charge >= 0.3 is 6.18 Å². The van der Waals surface area contributed by atoms with Crippen LogP contribution in [-0.4, -0.2) is 52.1 Å². The number of aromatic amines is 1. The first-order valence-electron chi connectivity index (χ1n) is 12.2. The minimum atomic E-state index is -4.75. The number of aromatic nitrogens is 3. The first kappa shape index (κ1) is 25.2. The molecule has 2 aromatic heterocycles. The zero-order valence-electron chi connectivity index (χ0n) is 20.4. The van der Waals surface area contributed by atoms with E-state index in [1.807, 2.05) is 4.90 Å². The third-order valence-electron chi connectivity index (χ3n) is 7.01. The molecule has 5 rings (SSSR count). The highest BCUT2D eigenvalue weighted by Gasteiger charge is 2.39. The van der Waals surface area contributed by atoms with Crippen LogP contribution in [-0.2, 0) is 17.5 Å². The Labute approximate surface area is 210 Å². The van der Waals surface area contributed by atoms with Crippen molar-refractivity contribution in [3.63, 3.8) is 0 Å². The van der Waals surface area contributed by atoms with Crippen LogP contribution in [0.3, 0.4) is 0 Å². The summed E-state index contributed by atoms with van der Waals surface area (Å²) in [6.45, 7) is 3.79. The average molecular weight is 517 g/mol. The highest BCUT2D eigenvalue weighted by atomic mass is 19.4. The quantitative estimate of drug-likeness (QED) is 0.557. The van der Waals surface area contributed by atoms with E-state index in [9.17, 15) is 22.8 Å². The second-order valence-electron chi connectivity index (χ2n) is 9.82. The number of H-pyrrole nitrogens is 1. The van der Waals surface area contributed by atoms with Gasteiger partial charge in [-0.3, -0.25) is 9.59 Å². The number of likely N-dealkylation sites (tertiary alicyclic amines) is 1. The fourth-order valence-electron chi connectivity index (χ4n) is 5.22. The molecule has 2 fully saturated rings. The van der Waals surface area contributed by atoms with Crippen LogP contribution in [0.4, 0.5) is 13.2 Å². The van der Waals surface area contributed by atoms with Gasteiger partial charge in [0.05, 0.1) is 12.0 Å². The SMILES string of the molecule is Cc1nc2nc(C(F)(F)F)c(COc3ccc(C(=O)N4CCCC5(CCCOC5)C4)cc3)cc2c(=O)[nH]1. The Morgan fingerprint density at radius 3 is 2.65 bits per heavy atom. The number of rotatable bonds is 4. The summed E-state index contributed by atoms with van der Waals surface area (Å²) >= 11 is 0. The van der Waals surface area contributed by atoms with Crippen LogP contribution in [0.5, 0.6) is 5.75 Å². The lowest BCUT2D eigenvalue weighted by Gasteiger charge is -2.44. The van der Waals surface area contributed by atoms with Crippen molar-refractivity contribution in [1.29, 1.82) is 0 Å². The number of nitrogens with one attached hydrogen (secondary N) is 1. The van der Waals surface area contributed by atoms with Crippen molar-refractivity contribution in [2.75, 3.05) is 26.3 Å². The lowest BCUT2D eigenvalue weighted by atomic mass is 9.76. The molecular weight excluding hydrogens is 489 g/mol. The first-order valence-corrected chi connectivity index (χ1v) is 12.2. The van der Waals surface area contributed by atoms with Gasteiger partial charge in [0.1, 0.15) is 18.2 Å². The normalized spacial score (nSPS) is 20.4. The number of hydrogen-bond acceptors (Lipinski definition) is 6. The number of nitrogens with zero attached hydrogens (tertiary/aromatic N) is 3. The highest BCUT2D eigenvalue weighted by Crippen LogP contribution is 2.38. The molecule has 196 valence electrons. The number of hydrogen-bond donors (Lipinski definition) is 1. The second-order valence-corrected chi connectivity index (χ2v) is 9.82. The number of halogens is 3. The van der Waals surface area contributed by atoms with Gasteiger partial charge < -0.3 is 19.4 Å². The minimum Gasteiger partial charge on any atom is -0.489 e. The molecule has 0 saturated carbocycles. The molecule has 1 unspecified atom stereocenters. The lowest BCUT2D eigenvalue weighted by Crippen LogP contribution is -2.49. The van der Waals surface area contributed by atoms with Crippen molar-refractivity contribution in [2.45, 2.75) is 45.4 Å². The number of benzene rings is 1. The standard InChI is InChI=1S/C26H27F3N4O4/c1-16-30-22-20(23(34)31-16)12-18(21(32-22)26(27,28)29)13-37-19-6-4-17(5-7-19)24(35)33-10-2-8-25(14-33)9-3-11-36-15-25/h4-7,12H,2-3,8-11,13-15H2,1H3,(H,30,31,32,34). The largest absolute Gasteiger partial charge is 0.489 e. The summed E-state index contributed by atoms with van der Waals surface area (Å²) in [7, 11) is 0. The molecule has 2 saturated heterocycles. The summed E-state index contributed by atoms with van der Waals surface area (Å²) in [5.74, 6) is 0.372. The van der Waals surface area contributed by atoms with E-state index < -0.39 is 24.0 Å². The van der Waals surface area contributed by atoms with Crippen LogP contribution in [0.2, 0.25) is 0 Å². The van der Waals surface area contributed by atoms with Gasteiger partial charge in [-0.15, -0.1) is 0 Å². The third kappa shape index (κ3) is 5.31. The fraction of sp³-hybridized carbons (Fsp3) is 0.462. The molecule has 4 heterocycles. The maximum atomic E-state index is 13.7. The Kier molecular flexibility index (Phi) is 6.65. The summed E-state index contributed by atoms with van der Waals surface area (Å²) in [5.41, 5.74) is -1.79. The number of piperidine rings is 1. The van der Waals surface area contributed by atoms with E-state index in [-0.39, 0.29) is 39.5 Å². The van der Waals surface area contributed by atoms with Gasteiger partial charge in [-0.2, -0.15) is 13.2 Å². The van der Waals surface area contributed by atoms with Gasteiger partial charge in [-0.25, -0.2) is 9.97 Å². The number of aryl methyl sites for hydroxylation is 1. The molecule has 1 atom stereocenters. The topological polar surface area (TPSA) is 97.4 Å². The molecule has 1 spiro atoms. The molecule has 1 N–H and O–H groups in total. The molecule has 3 aromatic rings. The number of carbonyl (C=O) groups excluding carboxylic acids is 1. The summed E-state index contributed by atoms with van der Waals surface area (Å²) < 4.78 is 52.3. The number of alkyl halides is 3. The smallest absolute Gasteiger partial charge is 0.433 e. The van der Waals surface area contributed by atoms with E-state index in [4.69, 9.17) is 9.47 Å². The maximum Gasteiger partial charge on any atom is 0.433 e. The molecule has 2 aliphatic rings. The van der Waals surface area contributed by atoms with E-state index in [2.05, 4.69) is 15.0 Å². The second kappa shape index (κ2) is 9.77. The fourth-order valence-corrected chi connectivity index (χ4v) is 5.22. The van der Waals surface area contributed by atoms with Crippen LogP contribution in [0, 0.1) is 12.3 Å². The maximum absolute atomic E-state index is 13.7. The van der Waals surface area contributed by atoms with Gasteiger partial charge in [0.2, 0.25) is 0 Å². The van der Waals surface area contributed by atoms with Crippen molar-refractivity contribution in [3.8, 4) is 5.75 Å². The summed E-state index contributed by atoms with van der Waals surface area (Å²) in [5, 5.41) is -0.0548. The van der Waals surface area contributed by atoms with E-state index in [1.165, 1.54) is 6.92 Å². The van der Waals surface area contributed by atoms with Crippen molar-refractivity contribution in [1.82, 2.24) is 19.9 Å². The first-order chi connectivity index (χ1) is 17.6. The predicted molar refractivity (Wildman–Crippen MR) is 128 cm³/mol. The molecule has 2 aliphatic heterocycles. The molecule has 8 nitrogen and oxygen atoms in total. The average Bonchev–Trinajstić information content (AvgIpc) is 2.87. The van der Waals surface area contributed by atoms with Crippen molar-refractivity contribution >= 4 is 16.9 Å². The summed E-state index contributed by atoms with van der Waals surface area (Å²) in [6, 6.07) is 7.43. The zero-order chi connectivity index (χ0) is 26.2. The molecule has 37 heavy (non-hydrogen) atoms. The predicted octanol–water partition coefficient (Wildman–Crippen LogP) is 4.26. The van der Waals surface area contributed by atoms with Gasteiger partial charge in [-0.1, -0.05) is 0 Å². The van der Waals surface area contributed by atoms with E-state index >= 15 is 0 Å². The minimum absolute atomic E-state index is 0.0230. The molecule has 1 amide bonds. The van der Waals surface area contributed by atoms with Crippen molar-refractivity contribution < 1.29 is 27.4 Å². The third-order valence-corrected chi connectivity index (χ3v) is 7.01. The van der Waals surface area contributed by atoms with Gasteiger partial charge in [-0.05, 0) is 62.9 Å². The Hall–Kier alpha value is -3.47. The van der Waals surface area contributed by atoms with Gasteiger partial charge in [0.15, 0.2) is 11.3 Å². The van der Waals surface area contributed by atoms with Crippen LogP contribution in [0.15, 0.2) is 35.1 Å². The van der Waals surface area contributed by atoms with Crippen LogP contribution < -0.4 is 10.3 Å². The van der Waals surface area contributed by atoms with Gasteiger partial charge in [0, 0.05) is 36.2 Å². The molecule has 0 aliphatic carbocycles. The molecule has 0 bridgehead atoms. The monoisotopic (exact) mass is 516 g/mol. The molecule has 11 heteroatoms. The van der Waals surface area contributed by atoms with E-state index in [0.29, 0.717) is 25.3 Å². The van der Waals surface area contributed by atoms with E-state index in [1.54, 1.807) is 24.3 Å². The number of fused-ring (bicyclic) bond motifs is 1. The summed E-state index contributed by atoms with van der Waals surface area (Å²) in [6.07, 6.45) is -0.725. The van der Waals surface area contributed by atoms with Crippen LogP contribution in [0.1, 0.15) is 53.1 Å². The Morgan fingerprint density at radius 2 is 1.95 bits per heavy atom. The van der Waals surface area contributed by atoms with E-state index in [0.717, 1.165) is 38.4 Å². The molecule has 1 aromatic carbocycles.